The van der Waals surface area contributed by atoms with E-state index in [0.717, 1.165) is 16.6 Å². The summed E-state index contributed by atoms with van der Waals surface area (Å²) in [5.41, 5.74) is 1.27. The Balaban J connectivity index is 1.91. The summed E-state index contributed by atoms with van der Waals surface area (Å²) in [6.07, 6.45) is 4.75. The SMILES string of the molecule is CNC(CSc1ccccc1Br)Cc1cccnc1. The largest absolute Gasteiger partial charge is 0.316 e. The van der Waals surface area contributed by atoms with Gasteiger partial charge in [-0.1, -0.05) is 18.2 Å². The molecule has 100 valence electrons. The smallest absolute Gasteiger partial charge is 0.0311 e. The van der Waals surface area contributed by atoms with E-state index < -0.39 is 0 Å². The summed E-state index contributed by atoms with van der Waals surface area (Å²) >= 11 is 5.45. The third-order valence-electron chi connectivity index (χ3n) is 2.89. The van der Waals surface area contributed by atoms with E-state index in [-0.39, 0.29) is 0 Å². The second kappa shape index (κ2) is 7.68. The number of nitrogens with one attached hydrogen (secondary N) is 1. The molecule has 0 saturated heterocycles. The summed E-state index contributed by atoms with van der Waals surface area (Å²) in [7, 11) is 2.02. The van der Waals surface area contributed by atoms with Crippen molar-refractivity contribution in [2.75, 3.05) is 12.8 Å². The number of thioether (sulfide) groups is 1. The van der Waals surface area contributed by atoms with E-state index in [1.807, 2.05) is 43.3 Å². The molecule has 0 bridgehead atoms. The number of hydrogen-bond acceptors (Lipinski definition) is 3. The molecule has 2 rings (SSSR count). The van der Waals surface area contributed by atoms with Crippen LogP contribution in [-0.2, 0) is 6.42 Å². The van der Waals surface area contributed by atoms with E-state index >= 15 is 0 Å². The maximum Gasteiger partial charge on any atom is 0.0311 e. The predicted molar refractivity (Wildman–Crippen MR) is 85.7 cm³/mol. The van der Waals surface area contributed by atoms with Gasteiger partial charge in [-0.2, -0.15) is 0 Å². The molecular weight excluding hydrogens is 320 g/mol. The second-order valence-corrected chi connectivity index (χ2v) is 6.21. The topological polar surface area (TPSA) is 24.9 Å². The summed E-state index contributed by atoms with van der Waals surface area (Å²) in [6.45, 7) is 0. The lowest BCUT2D eigenvalue weighted by Crippen LogP contribution is -2.30. The molecule has 1 heterocycles. The Bertz CT molecular complexity index is 505. The molecule has 1 aromatic heterocycles. The highest BCUT2D eigenvalue weighted by Crippen LogP contribution is 2.27. The van der Waals surface area contributed by atoms with Crippen LogP contribution in [0.5, 0.6) is 0 Å². The Hall–Kier alpha value is -0.840. The molecule has 2 aromatic rings. The van der Waals surface area contributed by atoms with Gasteiger partial charge in [0, 0.05) is 33.6 Å². The molecule has 1 aromatic carbocycles. The monoisotopic (exact) mass is 336 g/mol. The van der Waals surface area contributed by atoms with Crippen LogP contribution in [0.25, 0.3) is 0 Å². The van der Waals surface area contributed by atoms with Gasteiger partial charge in [-0.25, -0.2) is 0 Å². The van der Waals surface area contributed by atoms with E-state index in [0.29, 0.717) is 6.04 Å². The molecule has 0 amide bonds. The number of nitrogens with zero attached hydrogens (tertiary/aromatic N) is 1. The first-order valence-electron chi connectivity index (χ1n) is 6.23. The normalized spacial score (nSPS) is 12.3. The van der Waals surface area contributed by atoms with Gasteiger partial charge in [0.05, 0.1) is 0 Å². The van der Waals surface area contributed by atoms with Gasteiger partial charge in [-0.3, -0.25) is 4.98 Å². The van der Waals surface area contributed by atoms with Crippen LogP contribution < -0.4 is 5.32 Å². The van der Waals surface area contributed by atoms with Crippen LogP contribution in [-0.4, -0.2) is 23.8 Å². The summed E-state index contributed by atoms with van der Waals surface area (Å²) in [4.78, 5) is 5.45. The Labute approximate surface area is 127 Å². The number of benzene rings is 1. The van der Waals surface area contributed by atoms with Gasteiger partial charge in [0.15, 0.2) is 0 Å². The highest BCUT2D eigenvalue weighted by molar-refractivity contribution is 9.10. The van der Waals surface area contributed by atoms with E-state index in [9.17, 15) is 0 Å². The van der Waals surface area contributed by atoms with Crippen molar-refractivity contribution in [2.45, 2.75) is 17.4 Å². The van der Waals surface area contributed by atoms with E-state index in [1.165, 1.54) is 10.5 Å². The first kappa shape index (κ1) is 14.6. The molecule has 0 spiro atoms. The molecule has 1 unspecified atom stereocenters. The average molecular weight is 337 g/mol. The van der Waals surface area contributed by atoms with Crippen molar-refractivity contribution in [3.05, 3.63) is 58.8 Å². The Morgan fingerprint density at radius 1 is 1.26 bits per heavy atom. The number of rotatable bonds is 6. The maximum absolute atomic E-state index is 4.16. The number of hydrogen-bond donors (Lipinski definition) is 1. The van der Waals surface area contributed by atoms with Gasteiger partial charge in [0.1, 0.15) is 0 Å². The lowest BCUT2D eigenvalue weighted by molar-refractivity contribution is 0.616. The fourth-order valence-corrected chi connectivity index (χ4v) is 3.47. The van der Waals surface area contributed by atoms with Crippen molar-refractivity contribution >= 4 is 27.7 Å². The number of likely N-dealkylation sites (N-methyl/N-ethyl adjacent to an activating group) is 1. The van der Waals surface area contributed by atoms with Crippen molar-refractivity contribution in [1.29, 1.82) is 0 Å². The van der Waals surface area contributed by atoms with Gasteiger partial charge < -0.3 is 5.32 Å². The van der Waals surface area contributed by atoms with Crippen LogP contribution in [0.2, 0.25) is 0 Å². The lowest BCUT2D eigenvalue weighted by Gasteiger charge is -2.16. The lowest BCUT2D eigenvalue weighted by atomic mass is 10.1. The van der Waals surface area contributed by atoms with E-state index in [1.54, 1.807) is 0 Å². The second-order valence-electron chi connectivity index (χ2n) is 4.29. The van der Waals surface area contributed by atoms with Crippen molar-refractivity contribution in [1.82, 2.24) is 10.3 Å². The number of halogens is 1. The van der Waals surface area contributed by atoms with Crippen LogP contribution in [0.15, 0.2) is 58.2 Å². The quantitative estimate of drug-likeness (QED) is 0.813. The van der Waals surface area contributed by atoms with Crippen molar-refractivity contribution < 1.29 is 0 Å². The zero-order valence-corrected chi connectivity index (χ0v) is 13.2. The third kappa shape index (κ3) is 4.64. The molecule has 0 aliphatic rings. The Morgan fingerprint density at radius 2 is 2.11 bits per heavy atom. The fraction of sp³-hybridized carbons (Fsp3) is 0.267. The first-order valence-corrected chi connectivity index (χ1v) is 8.01. The highest BCUT2D eigenvalue weighted by Gasteiger charge is 2.09. The summed E-state index contributed by atoms with van der Waals surface area (Å²) in [6, 6.07) is 12.9. The van der Waals surface area contributed by atoms with Crippen LogP contribution in [0.3, 0.4) is 0 Å². The zero-order chi connectivity index (χ0) is 13.5. The summed E-state index contributed by atoms with van der Waals surface area (Å²) in [5.74, 6) is 1.04. The van der Waals surface area contributed by atoms with Crippen LogP contribution in [0, 0.1) is 0 Å². The van der Waals surface area contributed by atoms with E-state index in [2.05, 4.69) is 50.5 Å². The Morgan fingerprint density at radius 3 is 2.79 bits per heavy atom. The highest BCUT2D eigenvalue weighted by atomic mass is 79.9. The molecule has 0 aliphatic carbocycles. The molecule has 19 heavy (non-hydrogen) atoms. The molecule has 0 fully saturated rings. The van der Waals surface area contributed by atoms with Crippen molar-refractivity contribution in [2.24, 2.45) is 0 Å². The fourth-order valence-electron chi connectivity index (χ4n) is 1.80. The molecule has 1 N–H and O–H groups in total. The van der Waals surface area contributed by atoms with Gasteiger partial charge in [0.2, 0.25) is 0 Å². The van der Waals surface area contributed by atoms with Gasteiger partial charge in [0.25, 0.3) is 0 Å². The zero-order valence-electron chi connectivity index (χ0n) is 10.8. The molecule has 1 atom stereocenters. The maximum atomic E-state index is 4.16. The van der Waals surface area contributed by atoms with Crippen molar-refractivity contribution in [3.63, 3.8) is 0 Å². The summed E-state index contributed by atoms with van der Waals surface area (Å²) in [5, 5.41) is 3.38. The van der Waals surface area contributed by atoms with Crippen molar-refractivity contribution in [3.8, 4) is 0 Å². The van der Waals surface area contributed by atoms with E-state index in [4.69, 9.17) is 0 Å². The van der Waals surface area contributed by atoms with Crippen LogP contribution >= 0.6 is 27.7 Å². The third-order valence-corrected chi connectivity index (χ3v) is 5.08. The minimum atomic E-state index is 0.446. The summed E-state index contributed by atoms with van der Waals surface area (Å²) < 4.78 is 1.16. The van der Waals surface area contributed by atoms with Gasteiger partial charge in [-0.05, 0) is 53.2 Å². The average Bonchev–Trinajstić information content (AvgIpc) is 2.46. The Kier molecular flexibility index (Phi) is 5.89. The minimum absolute atomic E-state index is 0.446. The molecule has 0 radical (unpaired) electrons. The standard InChI is InChI=1S/C15H17BrN2S/c1-17-13(9-12-5-4-8-18-10-12)11-19-15-7-3-2-6-14(15)16/h2-8,10,13,17H,9,11H2,1H3. The van der Waals surface area contributed by atoms with Crippen LogP contribution in [0.4, 0.5) is 0 Å². The molecule has 4 heteroatoms. The van der Waals surface area contributed by atoms with Gasteiger partial charge in [-0.15, -0.1) is 11.8 Å². The number of pyridine rings is 1. The van der Waals surface area contributed by atoms with Gasteiger partial charge >= 0.3 is 0 Å². The molecular formula is C15H17BrN2S. The molecule has 0 saturated carbocycles. The minimum Gasteiger partial charge on any atom is -0.316 e. The molecule has 0 aliphatic heterocycles. The molecule has 2 nitrogen and oxygen atoms in total. The first-order chi connectivity index (χ1) is 9.29. The number of aromatic nitrogens is 1. The van der Waals surface area contributed by atoms with Crippen LogP contribution in [0.1, 0.15) is 5.56 Å². The predicted octanol–water partition coefficient (Wildman–Crippen LogP) is 3.77.